The molecule has 3 aromatic rings. The number of imidazole rings is 1. The fraction of sp³-hybridized carbons (Fsp3) is 0.357. The highest BCUT2D eigenvalue weighted by Crippen LogP contribution is 2.46. The van der Waals surface area contributed by atoms with Crippen molar-refractivity contribution in [2.45, 2.75) is 52.6 Å². The van der Waals surface area contributed by atoms with Crippen molar-refractivity contribution in [3.8, 4) is 0 Å². The van der Waals surface area contributed by atoms with Crippen molar-refractivity contribution < 1.29 is 14.1 Å². The summed E-state index contributed by atoms with van der Waals surface area (Å²) < 4.78 is 9.84. The number of aryl methyl sites for hydroxylation is 2. The van der Waals surface area contributed by atoms with Crippen molar-refractivity contribution in [1.29, 1.82) is 0 Å². The first-order valence-corrected chi connectivity index (χ1v) is 11.7. The van der Waals surface area contributed by atoms with Gasteiger partial charge in [-0.3, -0.25) is 4.79 Å². The summed E-state index contributed by atoms with van der Waals surface area (Å²) in [6, 6.07) is 17.1. The molecule has 0 saturated heterocycles. The smallest absolute Gasteiger partial charge is 0.302 e. The van der Waals surface area contributed by atoms with Crippen LogP contribution < -0.4 is 9.47 Å². The molecule has 0 atom stereocenters. The molecule has 5 nitrogen and oxygen atoms in total. The first-order chi connectivity index (χ1) is 15.9. The number of carbonyl (C=O) groups excluding carboxylic acids is 1. The van der Waals surface area contributed by atoms with Crippen molar-refractivity contribution >= 4 is 28.8 Å². The van der Waals surface area contributed by atoms with E-state index in [0.29, 0.717) is 6.61 Å². The number of esters is 1. The Labute approximate surface area is 196 Å². The summed E-state index contributed by atoms with van der Waals surface area (Å²) in [6.07, 6.45) is 7.38. The van der Waals surface area contributed by atoms with Crippen LogP contribution in [0.2, 0.25) is 0 Å². The number of likely N-dealkylation sites (N-methyl/N-ethyl adjacent to an activating group) is 1. The third kappa shape index (κ3) is 4.20. The summed E-state index contributed by atoms with van der Waals surface area (Å²) in [5, 5.41) is 0. The Bertz CT molecular complexity index is 1230. The molecule has 2 heterocycles. The van der Waals surface area contributed by atoms with E-state index >= 15 is 0 Å². The van der Waals surface area contributed by atoms with Gasteiger partial charge in [0.1, 0.15) is 0 Å². The van der Waals surface area contributed by atoms with E-state index in [0.717, 1.165) is 25.3 Å². The zero-order chi connectivity index (χ0) is 23.6. The second-order valence-electron chi connectivity index (χ2n) is 9.05. The Balaban J connectivity index is 1.69. The third-order valence-electron chi connectivity index (χ3n) is 6.60. The van der Waals surface area contributed by atoms with Crippen molar-refractivity contribution in [3.05, 3.63) is 77.8 Å². The van der Waals surface area contributed by atoms with E-state index in [9.17, 15) is 4.79 Å². The Morgan fingerprint density at radius 2 is 1.85 bits per heavy atom. The number of rotatable bonds is 7. The second-order valence-corrected chi connectivity index (χ2v) is 9.05. The molecule has 0 bridgehead atoms. The van der Waals surface area contributed by atoms with Crippen LogP contribution in [0, 0.1) is 0 Å². The number of anilines is 1. The van der Waals surface area contributed by atoms with Crippen LogP contribution in [-0.2, 0) is 28.0 Å². The van der Waals surface area contributed by atoms with E-state index < -0.39 is 0 Å². The number of ether oxygens (including phenoxy) is 1. The molecule has 4 rings (SSSR count). The number of nitrogens with zero attached hydrogens (tertiary/aromatic N) is 3. The maximum atomic E-state index is 11.2. The fourth-order valence-corrected chi connectivity index (χ4v) is 5.03. The Morgan fingerprint density at radius 1 is 1.12 bits per heavy atom. The van der Waals surface area contributed by atoms with Gasteiger partial charge >= 0.3 is 5.97 Å². The van der Waals surface area contributed by atoms with Crippen LogP contribution in [0.3, 0.4) is 0 Å². The van der Waals surface area contributed by atoms with Crippen LogP contribution in [0.4, 0.5) is 5.69 Å². The lowest BCUT2D eigenvalue weighted by molar-refractivity contribution is -0.674. The zero-order valence-electron chi connectivity index (χ0n) is 20.3. The monoisotopic (exact) mass is 444 g/mol. The number of para-hydroxylation sites is 3. The summed E-state index contributed by atoms with van der Waals surface area (Å²) in [5.74, 6) is 0.918. The van der Waals surface area contributed by atoms with Gasteiger partial charge in [-0.25, -0.2) is 9.13 Å². The van der Waals surface area contributed by atoms with Gasteiger partial charge in [-0.2, -0.15) is 0 Å². The highest BCUT2D eigenvalue weighted by atomic mass is 16.5. The van der Waals surface area contributed by atoms with E-state index in [4.69, 9.17) is 4.74 Å². The lowest BCUT2D eigenvalue weighted by Gasteiger charge is -2.23. The molecule has 0 spiro atoms. The van der Waals surface area contributed by atoms with Gasteiger partial charge in [0.05, 0.1) is 19.7 Å². The quantitative estimate of drug-likeness (QED) is 0.285. The van der Waals surface area contributed by atoms with Crippen molar-refractivity contribution in [1.82, 2.24) is 4.57 Å². The molecular weight excluding hydrogens is 410 g/mol. The Kier molecular flexibility index (Phi) is 6.41. The van der Waals surface area contributed by atoms with Gasteiger partial charge in [-0.15, -0.1) is 0 Å². The molecule has 0 unspecified atom stereocenters. The highest BCUT2D eigenvalue weighted by molar-refractivity contribution is 5.74. The number of allylic oxidation sites excluding steroid dienone is 3. The summed E-state index contributed by atoms with van der Waals surface area (Å²) >= 11 is 0. The molecule has 1 aliphatic heterocycles. The molecule has 0 N–H and O–H groups in total. The zero-order valence-corrected chi connectivity index (χ0v) is 20.3. The van der Waals surface area contributed by atoms with Crippen LogP contribution in [0.25, 0.3) is 17.1 Å². The minimum atomic E-state index is -0.230. The van der Waals surface area contributed by atoms with E-state index in [2.05, 4.69) is 109 Å². The van der Waals surface area contributed by atoms with E-state index in [-0.39, 0.29) is 11.4 Å². The summed E-state index contributed by atoms with van der Waals surface area (Å²) in [4.78, 5) is 13.5. The molecular formula is C28H34N3O2+. The summed E-state index contributed by atoms with van der Waals surface area (Å²) in [6.45, 7) is 10.3. The number of carbonyl (C=O) groups is 1. The van der Waals surface area contributed by atoms with Crippen LogP contribution in [0.15, 0.2) is 66.4 Å². The Morgan fingerprint density at radius 3 is 2.58 bits per heavy atom. The van der Waals surface area contributed by atoms with Gasteiger partial charge in [-0.05, 0) is 36.8 Å². The minimum absolute atomic E-state index is 0.0485. The van der Waals surface area contributed by atoms with Crippen LogP contribution in [-0.4, -0.2) is 24.2 Å². The SMILES string of the molecule is CCn1c(C=CC=C2N(C)c3ccccc3C2(C)C)[n+](CCCOC(C)=O)c2ccccc21. The highest BCUT2D eigenvalue weighted by Gasteiger charge is 2.37. The largest absolute Gasteiger partial charge is 0.466 e. The standard InChI is InChI=1S/C28H34N3O2/c1-6-30-24-15-9-10-16-25(24)31(19-12-20-33-21(2)32)27(30)18-11-17-26-28(3,4)22-13-7-8-14-23(22)29(26)5/h7-11,13-18H,6,12,19-20H2,1-5H3/q+1. The van der Waals surface area contributed by atoms with Gasteiger partial charge in [0.15, 0.2) is 11.0 Å². The number of aromatic nitrogens is 2. The molecule has 172 valence electrons. The predicted octanol–water partition coefficient (Wildman–Crippen LogP) is 5.23. The van der Waals surface area contributed by atoms with Gasteiger partial charge in [0, 0.05) is 43.3 Å². The second kappa shape index (κ2) is 9.26. The van der Waals surface area contributed by atoms with Gasteiger partial charge in [-0.1, -0.05) is 50.3 Å². The van der Waals surface area contributed by atoms with E-state index in [1.54, 1.807) is 0 Å². The molecule has 0 amide bonds. The summed E-state index contributed by atoms with van der Waals surface area (Å²) in [7, 11) is 2.14. The molecule has 0 radical (unpaired) electrons. The molecule has 0 saturated carbocycles. The van der Waals surface area contributed by atoms with Crippen LogP contribution in [0.1, 0.15) is 45.5 Å². The number of benzene rings is 2. The van der Waals surface area contributed by atoms with Gasteiger partial charge < -0.3 is 9.64 Å². The molecule has 1 aliphatic rings. The molecule has 1 aromatic heterocycles. The van der Waals surface area contributed by atoms with Crippen molar-refractivity contribution in [2.24, 2.45) is 0 Å². The Hall–Kier alpha value is -3.34. The topological polar surface area (TPSA) is 38.4 Å². The fourth-order valence-electron chi connectivity index (χ4n) is 5.03. The maximum absolute atomic E-state index is 11.2. The first kappa shape index (κ1) is 22.8. The lowest BCUT2D eigenvalue weighted by atomic mass is 9.84. The molecule has 0 aliphatic carbocycles. The van der Waals surface area contributed by atoms with E-state index in [1.807, 2.05) is 0 Å². The first-order valence-electron chi connectivity index (χ1n) is 11.7. The average molecular weight is 445 g/mol. The van der Waals surface area contributed by atoms with Gasteiger partial charge in [0.25, 0.3) is 5.82 Å². The average Bonchev–Trinajstić information content (AvgIpc) is 3.20. The third-order valence-corrected chi connectivity index (χ3v) is 6.60. The lowest BCUT2D eigenvalue weighted by Crippen LogP contribution is -2.37. The number of fused-ring (bicyclic) bond motifs is 2. The number of hydrogen-bond donors (Lipinski definition) is 0. The van der Waals surface area contributed by atoms with Gasteiger partial charge in [0.2, 0.25) is 0 Å². The molecule has 0 fully saturated rings. The normalized spacial score (nSPS) is 16.2. The number of hydrogen-bond acceptors (Lipinski definition) is 3. The van der Waals surface area contributed by atoms with Crippen LogP contribution >= 0.6 is 0 Å². The molecule has 5 heteroatoms. The minimum Gasteiger partial charge on any atom is -0.466 e. The molecule has 33 heavy (non-hydrogen) atoms. The predicted molar refractivity (Wildman–Crippen MR) is 134 cm³/mol. The molecule has 2 aromatic carbocycles. The maximum Gasteiger partial charge on any atom is 0.302 e. The van der Waals surface area contributed by atoms with Crippen molar-refractivity contribution in [2.75, 3.05) is 18.6 Å². The van der Waals surface area contributed by atoms with Crippen LogP contribution in [0.5, 0.6) is 0 Å². The summed E-state index contributed by atoms with van der Waals surface area (Å²) in [5.41, 5.74) is 6.26. The van der Waals surface area contributed by atoms with E-state index in [1.165, 1.54) is 34.9 Å². The van der Waals surface area contributed by atoms with Crippen molar-refractivity contribution in [3.63, 3.8) is 0 Å².